The lowest BCUT2D eigenvalue weighted by atomic mass is 9.87. The topological polar surface area (TPSA) is 904 Å². The maximum absolute atomic E-state index is 13.8. The smallest absolute Gasteiger partial charge is 0.367 e. The molecule has 13 aliphatic heterocycles. The third-order valence-corrected chi connectivity index (χ3v) is 28.6. The van der Waals surface area contributed by atoms with Gasteiger partial charge in [0.2, 0.25) is 0 Å². The number of hydrogen-bond acceptors (Lipinski definition) is 58. The molecule has 13 aliphatic rings. The molecule has 13 saturated heterocycles. The Morgan fingerprint density at radius 3 is 1.18 bits per heavy atom. The van der Waals surface area contributed by atoms with E-state index in [-0.39, 0.29) is 0 Å². The second-order valence-electron chi connectivity index (χ2n) is 38.2. The van der Waals surface area contributed by atoms with E-state index in [1.54, 1.807) is 13.8 Å². The maximum atomic E-state index is 13.8. The van der Waals surface area contributed by atoms with Crippen LogP contribution in [0.3, 0.4) is 0 Å². The van der Waals surface area contributed by atoms with Crippen molar-refractivity contribution in [1.82, 2.24) is 0 Å². The molecule has 0 saturated carbocycles. The molecule has 60 atom stereocenters. The highest BCUT2D eigenvalue weighted by Gasteiger charge is 2.69. The molecule has 13 rings (SSSR count). The summed E-state index contributed by atoms with van der Waals surface area (Å²) in [5.41, 5.74) is 12.2. The van der Waals surface area contributed by atoms with Crippen molar-refractivity contribution >= 4 is 11.9 Å². The quantitative estimate of drug-likeness (QED) is 0.0202. The minimum atomic E-state index is -2.71. The highest BCUT2D eigenvalue weighted by molar-refractivity contribution is 5.80. The van der Waals surface area contributed by atoms with Crippen LogP contribution in [-0.2, 0) is 128 Å². The lowest BCUT2D eigenvalue weighted by Gasteiger charge is -2.54. The Hall–Kier alpha value is -3.22. The van der Waals surface area contributed by atoms with E-state index < -0.39 is 470 Å². The first-order valence-corrected chi connectivity index (χ1v) is 46.8. The molecule has 13 heterocycles. The third kappa shape index (κ3) is 23.7. The van der Waals surface area contributed by atoms with E-state index in [9.17, 15) is 158 Å². The van der Waals surface area contributed by atoms with Crippen molar-refractivity contribution in [1.29, 1.82) is 0 Å². The fourth-order valence-electron chi connectivity index (χ4n) is 19.5. The SMILES string of the molecule is CC1[C@H](O[C@@H]2C(CO[C@@H]3O[C@@H](C)[C@@H](O)C(O)C3O)O[C@@H](C)C(C)[C@H]2O)OC(CO)[C@@H](OC2OC(CO[C@H](CO[C@@H]3OC(CO)[C@@H](O[C@@H]4OC(CO)[C@@H]5OC(=O)[C@]6(C[C@@H](O)[C@@H](N)C([C@H](O)[C@H](O)CO)O6)OC5[C@@H]4O)C(O)[C@@H]3C)OC(CO)[C@@H](O)[C@@H](C)O)[C@@H](O)[C@@H]2OC2OC(CO)[C@@H](O)C(O)C2O[C@@H]2OC(CO)[C@@H](O[C@@H]3OC(CO)[C@@H]4OC(=O)[C@]5(C[C@@H](O)[C@@H](N)C([C@H](O)[C@H](O)CO)O5)OC4[C@@H]3O)[C@H](O)C2C)[C@@H]1O. The van der Waals surface area contributed by atoms with Gasteiger partial charge in [0.25, 0.3) is 11.6 Å². The van der Waals surface area contributed by atoms with Gasteiger partial charge in [-0.2, -0.15) is 0 Å². The molecule has 0 aromatic carbocycles. The summed E-state index contributed by atoms with van der Waals surface area (Å²) in [5, 5.41) is 323. The van der Waals surface area contributed by atoms with Gasteiger partial charge >= 0.3 is 11.9 Å². The first-order valence-electron chi connectivity index (χ1n) is 46.8. The van der Waals surface area contributed by atoms with Crippen LogP contribution in [0.1, 0.15) is 61.3 Å². The van der Waals surface area contributed by atoms with Crippen LogP contribution in [0.2, 0.25) is 0 Å². The summed E-state index contributed by atoms with van der Waals surface area (Å²) in [5.74, 6) is -12.9. The normalized spacial score (nSPS) is 50.1. The Bertz CT molecular complexity index is 3870. The summed E-state index contributed by atoms with van der Waals surface area (Å²) >= 11 is 0. The second kappa shape index (κ2) is 48.6. The summed E-state index contributed by atoms with van der Waals surface area (Å²) in [6.45, 7) is -2.00. The zero-order valence-electron chi connectivity index (χ0n) is 77.5. The predicted octanol–water partition coefficient (Wildman–Crippen LogP) is -19.4. The Balaban J connectivity index is 0.748. The Morgan fingerprint density at radius 1 is 0.348 bits per heavy atom. The van der Waals surface area contributed by atoms with Gasteiger partial charge in [0.05, 0.1) is 140 Å². The highest BCUT2D eigenvalue weighted by Crippen LogP contribution is 2.48. The van der Waals surface area contributed by atoms with E-state index in [0.717, 1.165) is 6.92 Å². The summed E-state index contributed by atoms with van der Waals surface area (Å²) in [7, 11) is 0. The largest absolute Gasteiger partial charge is 0.453 e. The molecular formula is C83H140N2O56. The van der Waals surface area contributed by atoms with Gasteiger partial charge in [-0.15, -0.1) is 0 Å². The van der Waals surface area contributed by atoms with Crippen LogP contribution in [-0.4, -0.2) is 582 Å². The van der Waals surface area contributed by atoms with Crippen molar-refractivity contribution in [2.24, 2.45) is 35.1 Å². The van der Waals surface area contributed by atoms with Crippen LogP contribution >= 0.6 is 0 Å². The first-order chi connectivity index (χ1) is 66.7. The van der Waals surface area contributed by atoms with E-state index in [0.29, 0.717) is 0 Å². The molecule has 0 bridgehead atoms. The monoisotopic (exact) mass is 2060 g/mol. The van der Waals surface area contributed by atoms with Gasteiger partial charge in [-0.25, -0.2) is 9.59 Å². The standard InChI is InChI=1S/C83H140N2O56/c1-22-27(6)120-41(20-118-75-57(112)55(110)50(105)28(7)121-75)63(45(22)100)130-73-24(3)48(103)62(37(16-92)125-73)133-78-70(135-79-71(56(111)53(108)34(13-89)123-79)134-74-25(4)47(102)61(36(15-91)126-74)132-77-59(114)69-65(39(18-94)128-77)137-81(116)83(141-69)9-30(97)44(85)67(139-83)52(107)32(99)11-87)54(109)40(129-78)19-117-42(122-33(12-88)49(104)26(5)95)21-119-72-23(2)46(101)60(35(14-90)124-72)131-76-58(113)68-64(38(17-93)127-76)136-80(115)82(140-68)8-29(96)43(84)66(138-82)51(106)31(98)10-86/h22-79,86-114H,8-21,84-85H2,1-7H3/t22?,23-,24?,25?,26+,27-,28-,29+,30+,31+,32+,33?,34?,35?,36?,37?,38?,39?,40?,41?,42-,43+,44+,45+,46?,47+,48+,49-,50+,51+,52+,53+,54+,55?,56?,57?,58-,59-,60+,61+,62+,63+,64-,65-,66?,67?,68?,69?,70-,71?,72+,73-,74-,75+,76-,77-,78?,79?,82-,83-/m0/s1. The van der Waals surface area contributed by atoms with Crippen LogP contribution in [0.25, 0.3) is 0 Å². The van der Waals surface area contributed by atoms with Gasteiger partial charge in [0, 0.05) is 36.5 Å². The van der Waals surface area contributed by atoms with Gasteiger partial charge in [-0.3, -0.25) is 0 Å². The van der Waals surface area contributed by atoms with Crippen molar-refractivity contribution in [2.45, 2.75) is 404 Å². The molecule has 818 valence electrons. The van der Waals surface area contributed by atoms with Crippen LogP contribution in [0.4, 0.5) is 0 Å². The predicted molar refractivity (Wildman–Crippen MR) is 441 cm³/mol. The summed E-state index contributed by atoms with van der Waals surface area (Å²) < 4.78 is 152. The molecule has 0 aromatic heterocycles. The second-order valence-corrected chi connectivity index (χ2v) is 38.2. The lowest BCUT2D eigenvalue weighted by molar-refractivity contribution is -0.407. The van der Waals surface area contributed by atoms with Gasteiger partial charge in [-0.1, -0.05) is 27.7 Å². The van der Waals surface area contributed by atoms with Gasteiger partial charge in [0.1, 0.15) is 202 Å². The Labute approximate surface area is 803 Å². The maximum Gasteiger partial charge on any atom is 0.367 e. The molecule has 33 N–H and O–H groups in total. The van der Waals surface area contributed by atoms with Crippen LogP contribution < -0.4 is 11.5 Å². The number of aliphatic hydroxyl groups excluding tert-OH is 29. The first kappa shape index (κ1) is 115. The molecule has 2 spiro atoms. The van der Waals surface area contributed by atoms with Crippen LogP contribution in [0.15, 0.2) is 0 Å². The van der Waals surface area contributed by atoms with Crippen molar-refractivity contribution < 1.29 is 276 Å². The minimum Gasteiger partial charge on any atom is -0.453 e. The average molecular weight is 2060 g/mol. The molecule has 0 amide bonds. The molecule has 58 nitrogen and oxygen atoms in total. The van der Waals surface area contributed by atoms with E-state index in [1.165, 1.54) is 27.7 Å². The van der Waals surface area contributed by atoms with Crippen molar-refractivity contribution in [3.05, 3.63) is 0 Å². The zero-order valence-corrected chi connectivity index (χ0v) is 77.5. The number of hydrogen-bond donors (Lipinski definition) is 31. The number of carbonyl (C=O) groups excluding carboxylic acids is 2. The van der Waals surface area contributed by atoms with Crippen LogP contribution in [0.5, 0.6) is 0 Å². The fourth-order valence-corrected chi connectivity index (χ4v) is 19.5. The van der Waals surface area contributed by atoms with Crippen molar-refractivity contribution in [3.8, 4) is 0 Å². The van der Waals surface area contributed by atoms with E-state index in [4.69, 9.17) is 130 Å². The van der Waals surface area contributed by atoms with E-state index in [2.05, 4.69) is 0 Å². The zero-order chi connectivity index (χ0) is 103. The highest BCUT2D eigenvalue weighted by atomic mass is 16.8. The molecule has 141 heavy (non-hydrogen) atoms. The molecule has 58 heteroatoms. The van der Waals surface area contributed by atoms with Gasteiger partial charge < -0.3 is 278 Å². The van der Waals surface area contributed by atoms with Gasteiger partial charge in [0.15, 0.2) is 68.8 Å². The number of rotatable bonds is 38. The van der Waals surface area contributed by atoms with Gasteiger partial charge in [-0.05, 0) is 20.8 Å². The van der Waals surface area contributed by atoms with Crippen molar-refractivity contribution in [2.75, 3.05) is 79.3 Å². The number of carbonyl (C=O) groups is 2. The van der Waals surface area contributed by atoms with E-state index >= 15 is 0 Å². The minimum absolute atomic E-state index is 0.504. The number of nitrogens with two attached hydrogens (primary N) is 2. The van der Waals surface area contributed by atoms with E-state index in [1.807, 2.05) is 0 Å². The average Bonchev–Trinajstić information content (AvgIpc) is 0.828. The molecule has 0 aliphatic carbocycles. The Kier molecular flexibility index (Phi) is 39.6. The van der Waals surface area contributed by atoms with Crippen molar-refractivity contribution in [3.63, 3.8) is 0 Å². The number of fused-ring (bicyclic) bond motifs is 2. The number of ether oxygens (including phenoxy) is 25. The summed E-state index contributed by atoms with van der Waals surface area (Å²) in [6, 6.07) is -3.03. The third-order valence-electron chi connectivity index (χ3n) is 28.6. The summed E-state index contributed by atoms with van der Waals surface area (Å²) in [6.07, 6.45) is -95.4. The molecule has 13 fully saturated rings. The Morgan fingerprint density at radius 2 is 0.738 bits per heavy atom. The van der Waals surface area contributed by atoms with Crippen LogP contribution in [0, 0.1) is 23.7 Å². The fraction of sp³-hybridized carbons (Fsp3) is 0.976. The molecule has 23 unspecified atom stereocenters. The molecule has 0 radical (unpaired) electrons. The molecule has 0 aromatic rings. The number of esters is 2. The summed E-state index contributed by atoms with van der Waals surface area (Å²) in [4.78, 5) is 27.6. The number of aliphatic hydroxyl groups is 29. The molecular weight excluding hydrogens is 1920 g/mol. The lowest BCUT2D eigenvalue weighted by Crippen LogP contribution is -2.73.